The Morgan fingerprint density at radius 3 is 3.00 bits per heavy atom. The van der Waals surface area contributed by atoms with E-state index in [-0.39, 0.29) is 5.92 Å². The zero-order valence-corrected chi connectivity index (χ0v) is 8.96. The summed E-state index contributed by atoms with van der Waals surface area (Å²) in [5.41, 5.74) is 0. The monoisotopic (exact) mass is 196 g/mol. The number of carbonyl (C=O) groups excluding carboxylic acids is 1. The van der Waals surface area contributed by atoms with Gasteiger partial charge in [-0.2, -0.15) is 0 Å². The molecule has 0 aromatic rings. The third-order valence-corrected chi connectivity index (χ3v) is 3.40. The van der Waals surface area contributed by atoms with E-state index in [4.69, 9.17) is 0 Å². The molecular formula is C11H20N2O. The van der Waals surface area contributed by atoms with Crippen LogP contribution in [0.15, 0.2) is 0 Å². The van der Waals surface area contributed by atoms with Crippen molar-refractivity contribution < 1.29 is 4.79 Å². The van der Waals surface area contributed by atoms with Crippen molar-refractivity contribution in [3.8, 4) is 0 Å². The second kappa shape index (κ2) is 4.30. The van der Waals surface area contributed by atoms with Gasteiger partial charge in [-0.25, -0.2) is 0 Å². The molecule has 2 aliphatic heterocycles. The van der Waals surface area contributed by atoms with Crippen LogP contribution in [0.25, 0.3) is 0 Å². The van der Waals surface area contributed by atoms with Crippen LogP contribution in [0.1, 0.15) is 32.6 Å². The van der Waals surface area contributed by atoms with Crippen LogP contribution in [0.3, 0.4) is 0 Å². The van der Waals surface area contributed by atoms with Crippen LogP contribution < -0.4 is 5.32 Å². The molecule has 2 heterocycles. The molecule has 2 saturated heterocycles. The second-order valence-electron chi connectivity index (χ2n) is 4.62. The second-order valence-corrected chi connectivity index (χ2v) is 4.62. The highest BCUT2D eigenvalue weighted by Gasteiger charge is 2.27. The Hall–Kier alpha value is -0.570. The van der Waals surface area contributed by atoms with Gasteiger partial charge in [0.2, 0.25) is 5.91 Å². The molecule has 0 spiro atoms. The molecule has 1 amide bonds. The molecule has 2 rings (SSSR count). The smallest absolute Gasteiger partial charge is 0.225 e. The third-order valence-electron chi connectivity index (χ3n) is 3.40. The van der Waals surface area contributed by atoms with Crippen LogP contribution in [0.2, 0.25) is 0 Å². The standard InChI is InChI=1S/C11H20N2O/c1-9-4-3-7-13(11(9)14)8-10-5-2-6-12-10/h9-10,12H,2-8H2,1H3. The number of nitrogens with one attached hydrogen (secondary N) is 1. The zero-order chi connectivity index (χ0) is 9.97. The van der Waals surface area contributed by atoms with Gasteiger partial charge in [0.25, 0.3) is 0 Å². The summed E-state index contributed by atoms with van der Waals surface area (Å²) in [6.07, 6.45) is 4.76. The van der Waals surface area contributed by atoms with Crippen molar-refractivity contribution in [3.05, 3.63) is 0 Å². The topological polar surface area (TPSA) is 32.3 Å². The Morgan fingerprint density at radius 1 is 1.43 bits per heavy atom. The molecule has 0 bridgehead atoms. The van der Waals surface area contributed by atoms with E-state index in [2.05, 4.69) is 17.1 Å². The van der Waals surface area contributed by atoms with Gasteiger partial charge in [0.05, 0.1) is 0 Å². The number of rotatable bonds is 2. The Bertz CT molecular complexity index is 211. The quantitative estimate of drug-likeness (QED) is 0.714. The number of amides is 1. The molecule has 1 N–H and O–H groups in total. The van der Waals surface area contributed by atoms with E-state index in [9.17, 15) is 4.79 Å². The average molecular weight is 196 g/mol. The first-order valence-electron chi connectivity index (χ1n) is 5.79. The lowest BCUT2D eigenvalue weighted by Crippen LogP contribution is -2.46. The van der Waals surface area contributed by atoms with Gasteiger partial charge >= 0.3 is 0 Å². The maximum Gasteiger partial charge on any atom is 0.225 e. The lowest BCUT2D eigenvalue weighted by Gasteiger charge is -2.32. The number of carbonyl (C=O) groups is 1. The average Bonchev–Trinajstić information content (AvgIpc) is 2.66. The van der Waals surface area contributed by atoms with E-state index in [1.807, 2.05) is 0 Å². The van der Waals surface area contributed by atoms with Crippen molar-refractivity contribution in [2.45, 2.75) is 38.6 Å². The zero-order valence-electron chi connectivity index (χ0n) is 8.96. The molecule has 2 aliphatic rings. The lowest BCUT2D eigenvalue weighted by atomic mass is 9.98. The Kier molecular flexibility index (Phi) is 3.06. The summed E-state index contributed by atoms with van der Waals surface area (Å²) in [6.45, 7) is 5.09. The van der Waals surface area contributed by atoms with Crippen molar-refractivity contribution in [1.82, 2.24) is 10.2 Å². The molecular weight excluding hydrogens is 176 g/mol. The van der Waals surface area contributed by atoms with E-state index in [1.165, 1.54) is 19.3 Å². The first-order valence-corrected chi connectivity index (χ1v) is 5.79. The predicted molar refractivity (Wildman–Crippen MR) is 56.0 cm³/mol. The Labute approximate surface area is 85.8 Å². The minimum Gasteiger partial charge on any atom is -0.341 e. The largest absolute Gasteiger partial charge is 0.341 e. The third kappa shape index (κ3) is 2.08. The van der Waals surface area contributed by atoms with Crippen LogP contribution in [0.4, 0.5) is 0 Å². The molecule has 0 aliphatic carbocycles. The summed E-state index contributed by atoms with van der Waals surface area (Å²) in [7, 11) is 0. The van der Waals surface area contributed by atoms with Gasteiger partial charge in [-0.3, -0.25) is 4.79 Å². The summed E-state index contributed by atoms with van der Waals surface area (Å²) < 4.78 is 0. The van der Waals surface area contributed by atoms with Crippen molar-refractivity contribution in [1.29, 1.82) is 0 Å². The molecule has 0 radical (unpaired) electrons. The van der Waals surface area contributed by atoms with E-state index in [0.717, 1.165) is 26.1 Å². The molecule has 14 heavy (non-hydrogen) atoms. The molecule has 80 valence electrons. The van der Waals surface area contributed by atoms with Crippen LogP contribution in [0.5, 0.6) is 0 Å². The summed E-state index contributed by atoms with van der Waals surface area (Å²) in [4.78, 5) is 13.9. The fourth-order valence-electron chi connectivity index (χ4n) is 2.49. The fraction of sp³-hybridized carbons (Fsp3) is 0.909. The van der Waals surface area contributed by atoms with E-state index < -0.39 is 0 Å². The number of hydrogen-bond donors (Lipinski definition) is 1. The van der Waals surface area contributed by atoms with Crippen molar-refractivity contribution in [2.24, 2.45) is 5.92 Å². The van der Waals surface area contributed by atoms with Gasteiger partial charge < -0.3 is 10.2 Å². The SMILES string of the molecule is CC1CCCN(CC2CCCN2)C1=O. The number of hydrogen-bond acceptors (Lipinski definition) is 2. The lowest BCUT2D eigenvalue weighted by molar-refractivity contribution is -0.138. The molecule has 0 aromatic heterocycles. The minimum atomic E-state index is 0.255. The number of likely N-dealkylation sites (tertiary alicyclic amines) is 1. The van der Waals surface area contributed by atoms with Gasteiger partial charge in [-0.15, -0.1) is 0 Å². The molecule has 0 saturated carbocycles. The molecule has 3 heteroatoms. The van der Waals surface area contributed by atoms with Crippen molar-refractivity contribution >= 4 is 5.91 Å². The predicted octanol–water partition coefficient (Wildman–Crippen LogP) is 0.997. The molecule has 2 unspecified atom stereocenters. The van der Waals surface area contributed by atoms with Crippen LogP contribution >= 0.6 is 0 Å². The minimum absolute atomic E-state index is 0.255. The summed E-state index contributed by atoms with van der Waals surface area (Å²) in [6, 6.07) is 0.559. The molecule has 2 atom stereocenters. The number of piperidine rings is 1. The van der Waals surface area contributed by atoms with Gasteiger partial charge in [-0.05, 0) is 32.2 Å². The van der Waals surface area contributed by atoms with E-state index in [1.54, 1.807) is 0 Å². The van der Waals surface area contributed by atoms with Crippen molar-refractivity contribution in [3.63, 3.8) is 0 Å². The first kappa shape index (κ1) is 9.97. The summed E-state index contributed by atoms with van der Waals surface area (Å²) in [5, 5.41) is 3.45. The van der Waals surface area contributed by atoms with Gasteiger partial charge in [0.15, 0.2) is 0 Å². The highest BCUT2D eigenvalue weighted by atomic mass is 16.2. The highest BCUT2D eigenvalue weighted by molar-refractivity contribution is 5.79. The maximum atomic E-state index is 11.8. The molecule has 2 fully saturated rings. The normalized spacial score (nSPS) is 33.8. The Morgan fingerprint density at radius 2 is 2.29 bits per heavy atom. The molecule has 0 aromatic carbocycles. The van der Waals surface area contributed by atoms with Gasteiger partial charge in [0, 0.05) is 25.0 Å². The number of nitrogens with zero attached hydrogens (tertiary/aromatic N) is 1. The Balaban J connectivity index is 1.86. The van der Waals surface area contributed by atoms with E-state index in [0.29, 0.717) is 11.9 Å². The fourth-order valence-corrected chi connectivity index (χ4v) is 2.49. The molecule has 3 nitrogen and oxygen atoms in total. The van der Waals surface area contributed by atoms with Gasteiger partial charge in [-0.1, -0.05) is 6.92 Å². The van der Waals surface area contributed by atoms with Crippen LogP contribution in [-0.2, 0) is 4.79 Å². The van der Waals surface area contributed by atoms with Crippen LogP contribution in [-0.4, -0.2) is 36.5 Å². The van der Waals surface area contributed by atoms with Gasteiger partial charge in [0.1, 0.15) is 0 Å². The van der Waals surface area contributed by atoms with Crippen LogP contribution in [0, 0.1) is 5.92 Å². The van der Waals surface area contributed by atoms with Crippen molar-refractivity contribution in [2.75, 3.05) is 19.6 Å². The maximum absolute atomic E-state index is 11.8. The summed E-state index contributed by atoms with van der Waals surface area (Å²) in [5.74, 6) is 0.620. The van der Waals surface area contributed by atoms with E-state index >= 15 is 0 Å². The highest BCUT2D eigenvalue weighted by Crippen LogP contribution is 2.18. The first-order chi connectivity index (χ1) is 6.77. The summed E-state index contributed by atoms with van der Waals surface area (Å²) >= 11 is 0.